The summed E-state index contributed by atoms with van der Waals surface area (Å²) in [6.07, 6.45) is -4.72. The first-order valence-corrected chi connectivity index (χ1v) is 9.01. The molecular formula is C15H22F3N3O2S. The smallest absolute Gasteiger partial charge is 0.309 e. The van der Waals surface area contributed by atoms with Gasteiger partial charge in [0.05, 0.1) is 10.5 Å². The highest BCUT2D eigenvalue weighted by Gasteiger charge is 2.39. The number of nitrogens with zero attached hydrogens (tertiary/aromatic N) is 2. The molecule has 0 radical (unpaired) electrons. The minimum atomic E-state index is -4.72. The maximum absolute atomic E-state index is 13.1. The first-order chi connectivity index (χ1) is 11.0. The van der Waals surface area contributed by atoms with Crippen LogP contribution in [0.4, 0.5) is 13.2 Å². The number of likely N-dealkylation sites (tertiary alicyclic amines) is 1. The van der Waals surface area contributed by atoms with Gasteiger partial charge in [-0.1, -0.05) is 12.1 Å². The average molecular weight is 365 g/mol. The van der Waals surface area contributed by atoms with Gasteiger partial charge in [-0.3, -0.25) is 0 Å². The summed E-state index contributed by atoms with van der Waals surface area (Å²) in [5, 5.41) is 0. The molecule has 136 valence electrons. The summed E-state index contributed by atoms with van der Waals surface area (Å²) in [6, 6.07) is 3.82. The van der Waals surface area contributed by atoms with Crippen LogP contribution < -0.4 is 4.72 Å². The van der Waals surface area contributed by atoms with Crippen LogP contribution >= 0.6 is 0 Å². The van der Waals surface area contributed by atoms with Crippen molar-refractivity contribution in [3.8, 4) is 0 Å². The Kier molecular flexibility index (Phi) is 5.58. The van der Waals surface area contributed by atoms with E-state index >= 15 is 0 Å². The molecule has 0 aliphatic carbocycles. The fraction of sp³-hybridized carbons (Fsp3) is 0.600. The van der Waals surface area contributed by atoms with E-state index in [9.17, 15) is 21.6 Å². The Labute approximate surface area is 140 Å². The van der Waals surface area contributed by atoms with E-state index in [4.69, 9.17) is 0 Å². The topological polar surface area (TPSA) is 52.6 Å². The predicted octanol–water partition coefficient (Wildman–Crippen LogP) is 1.48. The van der Waals surface area contributed by atoms with Crippen LogP contribution in [0, 0.1) is 5.92 Å². The van der Waals surface area contributed by atoms with E-state index in [1.807, 2.05) is 30.9 Å². The first-order valence-electron chi connectivity index (χ1n) is 7.52. The Morgan fingerprint density at radius 2 is 1.88 bits per heavy atom. The van der Waals surface area contributed by atoms with Crippen LogP contribution in [-0.4, -0.2) is 65.0 Å². The summed E-state index contributed by atoms with van der Waals surface area (Å²) >= 11 is 0. The second-order valence-corrected chi connectivity index (χ2v) is 8.15. The number of nitrogens with one attached hydrogen (secondary N) is 1. The summed E-state index contributed by atoms with van der Waals surface area (Å²) in [5.41, 5.74) is -1.15. The van der Waals surface area contributed by atoms with Gasteiger partial charge in [0.2, 0.25) is 10.0 Å². The third-order valence-corrected chi connectivity index (χ3v) is 5.56. The molecule has 0 amide bonds. The summed E-state index contributed by atoms with van der Waals surface area (Å²) < 4.78 is 66.9. The van der Waals surface area contributed by atoms with Gasteiger partial charge in [0, 0.05) is 31.6 Å². The SMILES string of the molecule is CN(C)C[C@@H]1CN(C)C[C@H]1NS(=O)(=O)c1ccccc1C(F)(F)F. The fourth-order valence-corrected chi connectivity index (χ4v) is 4.60. The molecule has 1 aromatic carbocycles. The number of benzene rings is 1. The Balaban J connectivity index is 2.29. The van der Waals surface area contributed by atoms with Crippen LogP contribution in [-0.2, 0) is 16.2 Å². The van der Waals surface area contributed by atoms with Crippen molar-refractivity contribution in [2.45, 2.75) is 17.1 Å². The summed E-state index contributed by atoms with van der Waals surface area (Å²) in [7, 11) is 1.35. The molecular weight excluding hydrogens is 343 g/mol. The van der Waals surface area contributed by atoms with Gasteiger partial charge < -0.3 is 9.80 Å². The van der Waals surface area contributed by atoms with E-state index in [1.165, 1.54) is 12.1 Å². The minimum absolute atomic E-state index is 0.0119. The molecule has 0 bridgehead atoms. The molecule has 1 aliphatic rings. The van der Waals surface area contributed by atoms with Crippen LogP contribution in [0.5, 0.6) is 0 Å². The lowest BCUT2D eigenvalue weighted by molar-refractivity contribution is -0.139. The molecule has 1 N–H and O–H groups in total. The number of likely N-dealkylation sites (N-methyl/N-ethyl adjacent to an activating group) is 1. The summed E-state index contributed by atoms with van der Waals surface area (Å²) in [5.74, 6) is 0.0119. The summed E-state index contributed by atoms with van der Waals surface area (Å²) in [6.45, 7) is 1.80. The average Bonchev–Trinajstić information content (AvgIpc) is 2.76. The van der Waals surface area contributed by atoms with Gasteiger partial charge in [0.25, 0.3) is 0 Å². The summed E-state index contributed by atoms with van der Waals surface area (Å²) in [4.78, 5) is 3.18. The monoisotopic (exact) mass is 365 g/mol. The zero-order valence-electron chi connectivity index (χ0n) is 13.8. The van der Waals surface area contributed by atoms with E-state index in [1.54, 1.807) is 0 Å². The number of hydrogen-bond donors (Lipinski definition) is 1. The third-order valence-electron chi connectivity index (χ3n) is 4.01. The normalized spacial score (nSPS) is 23.1. The Bertz CT molecular complexity index is 677. The van der Waals surface area contributed by atoms with Crippen molar-refractivity contribution in [1.29, 1.82) is 0 Å². The standard InChI is InChI=1S/C15H22F3N3O2S/c1-20(2)8-11-9-21(3)10-13(11)19-24(22,23)14-7-5-4-6-12(14)15(16,17)18/h4-7,11,13,19H,8-10H2,1-3H3/t11-,13-/m1/s1. The molecule has 24 heavy (non-hydrogen) atoms. The van der Waals surface area contributed by atoms with Crippen molar-refractivity contribution < 1.29 is 21.6 Å². The van der Waals surface area contributed by atoms with E-state index < -0.39 is 32.7 Å². The van der Waals surface area contributed by atoms with E-state index in [0.717, 1.165) is 12.1 Å². The Morgan fingerprint density at radius 1 is 1.25 bits per heavy atom. The van der Waals surface area contributed by atoms with E-state index in [-0.39, 0.29) is 5.92 Å². The fourth-order valence-electron chi connectivity index (χ4n) is 3.07. The molecule has 0 spiro atoms. The number of hydrogen-bond acceptors (Lipinski definition) is 4. The molecule has 1 fully saturated rings. The molecule has 9 heteroatoms. The molecule has 1 heterocycles. The molecule has 0 aromatic heterocycles. The number of halogens is 3. The van der Waals surface area contributed by atoms with Crippen molar-refractivity contribution in [2.24, 2.45) is 5.92 Å². The van der Waals surface area contributed by atoms with Gasteiger partial charge in [0.1, 0.15) is 0 Å². The lowest BCUT2D eigenvalue weighted by Gasteiger charge is -2.23. The van der Waals surface area contributed by atoms with Crippen molar-refractivity contribution >= 4 is 10.0 Å². The van der Waals surface area contributed by atoms with Gasteiger partial charge in [0.15, 0.2) is 0 Å². The van der Waals surface area contributed by atoms with Crippen molar-refractivity contribution in [1.82, 2.24) is 14.5 Å². The number of rotatable bonds is 5. The quantitative estimate of drug-likeness (QED) is 0.859. The zero-order chi connectivity index (χ0) is 18.1. The highest BCUT2D eigenvalue weighted by molar-refractivity contribution is 7.89. The van der Waals surface area contributed by atoms with Gasteiger partial charge in [-0.2, -0.15) is 13.2 Å². The number of sulfonamides is 1. The Hall–Kier alpha value is -1.16. The third kappa shape index (κ3) is 4.47. The molecule has 0 unspecified atom stereocenters. The van der Waals surface area contributed by atoms with Gasteiger partial charge in [-0.15, -0.1) is 0 Å². The maximum atomic E-state index is 13.1. The lowest BCUT2D eigenvalue weighted by atomic mass is 10.0. The minimum Gasteiger partial charge on any atom is -0.309 e. The maximum Gasteiger partial charge on any atom is 0.417 e. The highest BCUT2D eigenvalue weighted by Crippen LogP contribution is 2.34. The molecule has 1 aliphatic heterocycles. The molecule has 2 atom stereocenters. The molecule has 2 rings (SSSR count). The molecule has 5 nitrogen and oxygen atoms in total. The lowest BCUT2D eigenvalue weighted by Crippen LogP contribution is -2.43. The van der Waals surface area contributed by atoms with Crippen LogP contribution in [0.2, 0.25) is 0 Å². The van der Waals surface area contributed by atoms with Gasteiger partial charge in [-0.05, 0) is 33.3 Å². The Morgan fingerprint density at radius 3 is 2.46 bits per heavy atom. The second kappa shape index (κ2) is 6.99. The van der Waals surface area contributed by atoms with E-state index in [0.29, 0.717) is 19.6 Å². The van der Waals surface area contributed by atoms with Gasteiger partial charge >= 0.3 is 6.18 Å². The largest absolute Gasteiger partial charge is 0.417 e. The molecule has 1 aromatic rings. The van der Waals surface area contributed by atoms with Crippen LogP contribution in [0.25, 0.3) is 0 Å². The highest BCUT2D eigenvalue weighted by atomic mass is 32.2. The predicted molar refractivity (Wildman–Crippen MR) is 85.1 cm³/mol. The van der Waals surface area contributed by atoms with Crippen molar-refractivity contribution in [3.05, 3.63) is 29.8 Å². The van der Waals surface area contributed by atoms with Crippen molar-refractivity contribution in [2.75, 3.05) is 40.8 Å². The van der Waals surface area contributed by atoms with E-state index in [2.05, 4.69) is 4.72 Å². The van der Waals surface area contributed by atoms with Gasteiger partial charge in [-0.25, -0.2) is 13.1 Å². The second-order valence-electron chi connectivity index (χ2n) is 6.47. The zero-order valence-corrected chi connectivity index (χ0v) is 14.7. The number of alkyl halides is 3. The van der Waals surface area contributed by atoms with Crippen LogP contribution in [0.1, 0.15) is 5.56 Å². The molecule has 0 saturated carbocycles. The van der Waals surface area contributed by atoms with Crippen LogP contribution in [0.3, 0.4) is 0 Å². The van der Waals surface area contributed by atoms with Crippen molar-refractivity contribution in [3.63, 3.8) is 0 Å². The first kappa shape index (κ1) is 19.2. The van der Waals surface area contributed by atoms with Crippen LogP contribution in [0.15, 0.2) is 29.2 Å². The molecule has 1 saturated heterocycles.